The number of piperidine rings is 2. The molecule has 1 aromatic heterocycles. The molecule has 1 atom stereocenters. The number of oxazole rings is 1. The van der Waals surface area contributed by atoms with Crippen molar-refractivity contribution in [1.82, 2.24) is 20.1 Å². The first-order chi connectivity index (χ1) is 15.4. The van der Waals surface area contributed by atoms with Crippen molar-refractivity contribution in [3.05, 3.63) is 52.5 Å². The Hall–Kier alpha value is -3.07. The highest BCUT2D eigenvalue weighted by Crippen LogP contribution is 2.37. The van der Waals surface area contributed by atoms with Gasteiger partial charge in [-0.15, -0.1) is 0 Å². The van der Waals surface area contributed by atoms with Gasteiger partial charge in [0, 0.05) is 32.0 Å². The van der Waals surface area contributed by atoms with Crippen LogP contribution < -0.4 is 5.32 Å². The molecule has 2 aromatic rings. The van der Waals surface area contributed by atoms with Crippen molar-refractivity contribution in [2.45, 2.75) is 57.7 Å². The van der Waals surface area contributed by atoms with Crippen molar-refractivity contribution in [3.8, 4) is 0 Å². The number of aryl methyl sites for hydroxylation is 1. The smallest absolute Gasteiger partial charge is 0.255 e. The Morgan fingerprint density at radius 1 is 1.19 bits per heavy atom. The lowest BCUT2D eigenvalue weighted by molar-refractivity contribution is -0.136. The second-order valence-electron chi connectivity index (χ2n) is 8.83. The molecule has 0 bridgehead atoms. The summed E-state index contributed by atoms with van der Waals surface area (Å²) in [7, 11) is 0. The fourth-order valence-corrected chi connectivity index (χ4v) is 5.13. The lowest BCUT2D eigenvalue weighted by Gasteiger charge is -2.32. The molecule has 2 saturated heterocycles. The van der Waals surface area contributed by atoms with E-state index in [-0.39, 0.29) is 30.7 Å². The normalized spacial score (nSPS) is 22.4. The molecule has 3 amide bonds. The molecule has 3 aliphatic rings. The van der Waals surface area contributed by atoms with Crippen molar-refractivity contribution in [2.75, 3.05) is 13.1 Å². The maximum absolute atomic E-state index is 14.5. The van der Waals surface area contributed by atoms with E-state index in [1.165, 1.54) is 11.0 Å². The number of nitrogens with one attached hydrogen (secondary N) is 1. The van der Waals surface area contributed by atoms with E-state index in [1.807, 2.05) is 6.92 Å². The second kappa shape index (κ2) is 8.12. The SMILES string of the molecule is Cc1nc(CN2CCC(c3cc(F)cc4c3CN(C3CCC(=O)NC3=O)C4=O)CC2)co1. The molecular formula is C23H25FN4O4. The predicted molar refractivity (Wildman–Crippen MR) is 111 cm³/mol. The molecule has 1 aromatic carbocycles. The van der Waals surface area contributed by atoms with Crippen LogP contribution in [0.15, 0.2) is 22.8 Å². The number of carbonyl (C=O) groups excluding carboxylic acids is 3. The Labute approximate surface area is 184 Å². The Morgan fingerprint density at radius 3 is 2.66 bits per heavy atom. The Bertz CT molecular complexity index is 1090. The first-order valence-corrected chi connectivity index (χ1v) is 11.0. The van der Waals surface area contributed by atoms with Gasteiger partial charge in [-0.05, 0) is 61.5 Å². The first-order valence-electron chi connectivity index (χ1n) is 11.0. The Morgan fingerprint density at radius 2 is 1.97 bits per heavy atom. The van der Waals surface area contributed by atoms with Crippen molar-refractivity contribution < 1.29 is 23.2 Å². The number of fused-ring (bicyclic) bond motifs is 1. The van der Waals surface area contributed by atoms with Crippen molar-refractivity contribution in [2.24, 2.45) is 0 Å². The van der Waals surface area contributed by atoms with E-state index in [2.05, 4.69) is 15.2 Å². The van der Waals surface area contributed by atoms with E-state index >= 15 is 0 Å². The van der Waals surface area contributed by atoms with Gasteiger partial charge in [0.05, 0.1) is 5.69 Å². The van der Waals surface area contributed by atoms with Gasteiger partial charge in [-0.3, -0.25) is 24.6 Å². The van der Waals surface area contributed by atoms with Gasteiger partial charge >= 0.3 is 0 Å². The summed E-state index contributed by atoms with van der Waals surface area (Å²) in [6, 6.07) is 2.12. The lowest BCUT2D eigenvalue weighted by Crippen LogP contribution is -2.52. The molecular weight excluding hydrogens is 415 g/mol. The number of imide groups is 1. The molecule has 0 radical (unpaired) electrons. The number of halogens is 1. The van der Waals surface area contributed by atoms with Crippen LogP contribution in [0, 0.1) is 12.7 Å². The molecule has 32 heavy (non-hydrogen) atoms. The fraction of sp³-hybridized carbons (Fsp3) is 0.478. The number of hydrogen-bond donors (Lipinski definition) is 1. The maximum atomic E-state index is 14.5. The third kappa shape index (κ3) is 3.81. The lowest BCUT2D eigenvalue weighted by atomic mass is 9.85. The number of aromatic nitrogens is 1. The van der Waals surface area contributed by atoms with Crippen LogP contribution in [0.4, 0.5) is 4.39 Å². The zero-order valence-corrected chi connectivity index (χ0v) is 17.9. The van der Waals surface area contributed by atoms with Gasteiger partial charge in [0.25, 0.3) is 5.91 Å². The topological polar surface area (TPSA) is 95.8 Å². The number of rotatable bonds is 4. The monoisotopic (exact) mass is 440 g/mol. The van der Waals surface area contributed by atoms with Gasteiger partial charge in [-0.2, -0.15) is 0 Å². The van der Waals surface area contributed by atoms with E-state index in [9.17, 15) is 18.8 Å². The quantitative estimate of drug-likeness (QED) is 0.733. The van der Waals surface area contributed by atoms with Crippen LogP contribution in [-0.4, -0.2) is 51.6 Å². The summed E-state index contributed by atoms with van der Waals surface area (Å²) >= 11 is 0. The van der Waals surface area contributed by atoms with E-state index in [0.29, 0.717) is 24.4 Å². The summed E-state index contributed by atoms with van der Waals surface area (Å²) in [6.45, 7) is 4.49. The zero-order valence-electron chi connectivity index (χ0n) is 17.9. The van der Waals surface area contributed by atoms with Crippen molar-refractivity contribution in [1.29, 1.82) is 0 Å². The van der Waals surface area contributed by atoms with Crippen LogP contribution in [0.25, 0.3) is 0 Å². The Balaban J connectivity index is 1.32. The van der Waals surface area contributed by atoms with E-state index in [4.69, 9.17) is 4.42 Å². The highest BCUT2D eigenvalue weighted by molar-refractivity contribution is 6.05. The molecule has 0 saturated carbocycles. The highest BCUT2D eigenvalue weighted by atomic mass is 19.1. The molecule has 8 nitrogen and oxygen atoms in total. The van der Waals surface area contributed by atoms with Gasteiger partial charge in [0.1, 0.15) is 18.1 Å². The molecule has 3 aliphatic heterocycles. The molecule has 1 N–H and O–H groups in total. The molecule has 0 aliphatic carbocycles. The van der Waals surface area contributed by atoms with E-state index in [0.717, 1.165) is 42.8 Å². The predicted octanol–water partition coefficient (Wildman–Crippen LogP) is 2.26. The van der Waals surface area contributed by atoms with Crippen molar-refractivity contribution in [3.63, 3.8) is 0 Å². The molecule has 5 rings (SSSR count). The minimum atomic E-state index is -0.698. The summed E-state index contributed by atoms with van der Waals surface area (Å²) in [5, 5.41) is 2.31. The van der Waals surface area contributed by atoms with Crippen LogP contribution in [0.1, 0.15) is 64.7 Å². The van der Waals surface area contributed by atoms with Crippen LogP contribution in [0.5, 0.6) is 0 Å². The second-order valence-corrected chi connectivity index (χ2v) is 8.83. The standard InChI is InChI=1S/C23H25FN4O4/c1-13-25-16(12-32-13)10-27-6-4-14(5-7-27)17-8-15(24)9-18-19(17)11-28(23(18)31)20-2-3-21(29)26-22(20)30/h8-9,12,14,20H,2-7,10-11H2,1H3,(H,26,29,30). The average Bonchev–Trinajstić information content (AvgIpc) is 3.31. The van der Waals surface area contributed by atoms with E-state index in [1.54, 1.807) is 12.3 Å². The number of hydrogen-bond acceptors (Lipinski definition) is 6. The van der Waals surface area contributed by atoms with Gasteiger partial charge < -0.3 is 9.32 Å². The minimum Gasteiger partial charge on any atom is -0.449 e. The maximum Gasteiger partial charge on any atom is 0.255 e. The van der Waals surface area contributed by atoms with Crippen LogP contribution in [0.2, 0.25) is 0 Å². The summed E-state index contributed by atoms with van der Waals surface area (Å²) in [4.78, 5) is 45.0. The molecule has 2 fully saturated rings. The number of amides is 3. The van der Waals surface area contributed by atoms with Crippen LogP contribution >= 0.6 is 0 Å². The molecule has 168 valence electrons. The molecule has 9 heteroatoms. The Kier molecular flexibility index (Phi) is 5.28. The first kappa shape index (κ1) is 20.8. The van der Waals surface area contributed by atoms with Crippen molar-refractivity contribution >= 4 is 17.7 Å². The number of likely N-dealkylation sites (tertiary alicyclic amines) is 1. The molecule has 4 heterocycles. The number of nitrogens with zero attached hydrogens (tertiary/aromatic N) is 3. The minimum absolute atomic E-state index is 0.143. The van der Waals surface area contributed by atoms with Crippen LogP contribution in [-0.2, 0) is 22.7 Å². The summed E-state index contributed by atoms with van der Waals surface area (Å²) in [5.74, 6) is -0.762. The highest BCUT2D eigenvalue weighted by Gasteiger charge is 2.41. The third-order valence-corrected chi connectivity index (χ3v) is 6.73. The number of benzene rings is 1. The number of carbonyl (C=O) groups is 3. The summed E-state index contributed by atoms with van der Waals surface area (Å²) < 4.78 is 19.8. The largest absolute Gasteiger partial charge is 0.449 e. The molecule has 1 unspecified atom stereocenters. The van der Waals surface area contributed by atoms with Crippen LogP contribution in [0.3, 0.4) is 0 Å². The fourth-order valence-electron chi connectivity index (χ4n) is 5.13. The third-order valence-electron chi connectivity index (χ3n) is 6.73. The average molecular weight is 440 g/mol. The summed E-state index contributed by atoms with van der Waals surface area (Å²) in [6.07, 6.45) is 3.86. The van der Waals surface area contributed by atoms with Gasteiger partial charge in [-0.1, -0.05) is 0 Å². The summed E-state index contributed by atoms with van der Waals surface area (Å²) in [5.41, 5.74) is 2.91. The van der Waals surface area contributed by atoms with Gasteiger partial charge in [0.15, 0.2) is 5.89 Å². The van der Waals surface area contributed by atoms with E-state index < -0.39 is 17.8 Å². The van der Waals surface area contributed by atoms with Gasteiger partial charge in [-0.25, -0.2) is 9.37 Å². The molecule has 0 spiro atoms. The van der Waals surface area contributed by atoms with Gasteiger partial charge in [0.2, 0.25) is 11.8 Å². The zero-order chi connectivity index (χ0) is 22.4.